The van der Waals surface area contributed by atoms with E-state index >= 15 is 0 Å². The summed E-state index contributed by atoms with van der Waals surface area (Å²) in [4.78, 5) is 39.2. The van der Waals surface area contributed by atoms with Crippen molar-refractivity contribution in [1.29, 1.82) is 0 Å². The molecule has 0 spiro atoms. The third-order valence-corrected chi connectivity index (χ3v) is 3.92. The predicted molar refractivity (Wildman–Crippen MR) is 98.2 cm³/mol. The molecule has 3 rings (SSSR count). The molecule has 0 aliphatic carbocycles. The number of carbonyl (C=O) groups excluding carboxylic acids is 2. The highest BCUT2D eigenvalue weighted by atomic mass is 16.6. The van der Waals surface area contributed by atoms with Gasteiger partial charge in [-0.15, -0.1) is 0 Å². The smallest absolute Gasteiger partial charge is 0.358 e. The van der Waals surface area contributed by atoms with Crippen molar-refractivity contribution in [3.05, 3.63) is 70.3 Å². The summed E-state index contributed by atoms with van der Waals surface area (Å²) in [7, 11) is 0. The number of aromatic nitrogens is 4. The summed E-state index contributed by atoms with van der Waals surface area (Å²) in [5.41, 5.74) is 0.584. The van der Waals surface area contributed by atoms with Gasteiger partial charge in [-0.05, 0) is 15.5 Å². The molecule has 0 bridgehead atoms. The van der Waals surface area contributed by atoms with E-state index in [2.05, 4.69) is 25.8 Å². The van der Waals surface area contributed by atoms with Gasteiger partial charge in [-0.1, -0.05) is 30.3 Å². The minimum absolute atomic E-state index is 0.215. The van der Waals surface area contributed by atoms with Gasteiger partial charge in [0, 0.05) is 13.0 Å². The van der Waals surface area contributed by atoms with Crippen molar-refractivity contribution >= 4 is 23.5 Å². The molecule has 28 heavy (non-hydrogen) atoms. The average Bonchev–Trinajstić information content (AvgIpc) is 3.30. The van der Waals surface area contributed by atoms with Gasteiger partial charge in [-0.3, -0.25) is 19.3 Å². The molecule has 11 nitrogen and oxygen atoms in total. The fourth-order valence-corrected chi connectivity index (χ4v) is 2.58. The third kappa shape index (κ3) is 4.38. The van der Waals surface area contributed by atoms with Gasteiger partial charge >= 0.3 is 5.82 Å². The number of nitro groups is 1. The first-order valence-electron chi connectivity index (χ1n) is 8.27. The van der Waals surface area contributed by atoms with Gasteiger partial charge < -0.3 is 20.7 Å². The molecule has 0 fully saturated rings. The van der Waals surface area contributed by atoms with Crippen LogP contribution in [-0.4, -0.2) is 36.5 Å². The number of carbonyl (C=O) groups is 2. The zero-order valence-electron chi connectivity index (χ0n) is 14.8. The van der Waals surface area contributed by atoms with Gasteiger partial charge in [0.25, 0.3) is 5.91 Å². The first kappa shape index (κ1) is 18.8. The summed E-state index contributed by atoms with van der Waals surface area (Å²) in [6, 6.07) is 9.34. The molecule has 11 heteroatoms. The standard InChI is InChI=1S/C17H17N7O4/c1-11-19-14(24(27)28)9-23(11)10-15(25)21-16(12-5-3-2-4-6-12)17(26)20-13-7-8-18-22-13/h2-9,16H,10H2,1H3,(H,21,25)(H2,18,20,22,26). The molecule has 1 aromatic carbocycles. The van der Waals surface area contributed by atoms with Gasteiger partial charge in [0.05, 0.1) is 6.20 Å². The van der Waals surface area contributed by atoms with Gasteiger partial charge in [-0.2, -0.15) is 5.10 Å². The van der Waals surface area contributed by atoms with E-state index in [9.17, 15) is 19.7 Å². The summed E-state index contributed by atoms with van der Waals surface area (Å²) in [6.45, 7) is 1.34. The highest BCUT2D eigenvalue weighted by molar-refractivity contribution is 5.97. The third-order valence-electron chi connectivity index (χ3n) is 3.92. The zero-order chi connectivity index (χ0) is 20.1. The lowest BCUT2D eigenvalue weighted by atomic mass is 10.1. The van der Waals surface area contributed by atoms with Gasteiger partial charge in [0.1, 0.15) is 24.6 Å². The molecule has 0 saturated heterocycles. The Kier molecular flexibility index (Phi) is 5.44. The minimum atomic E-state index is -0.962. The minimum Gasteiger partial charge on any atom is -0.358 e. The van der Waals surface area contributed by atoms with Crippen molar-refractivity contribution in [3.63, 3.8) is 0 Å². The molecule has 1 atom stereocenters. The number of benzene rings is 1. The van der Waals surface area contributed by atoms with Crippen molar-refractivity contribution in [1.82, 2.24) is 25.1 Å². The van der Waals surface area contributed by atoms with E-state index in [0.717, 1.165) is 0 Å². The molecular formula is C17H17N7O4. The Bertz CT molecular complexity index is 982. The lowest BCUT2D eigenvalue weighted by Crippen LogP contribution is -2.38. The Morgan fingerprint density at radius 1 is 1.29 bits per heavy atom. The number of aromatic amines is 1. The number of anilines is 1. The Hall–Kier alpha value is -4.02. The molecule has 0 radical (unpaired) electrons. The van der Waals surface area contributed by atoms with E-state index in [0.29, 0.717) is 17.2 Å². The van der Waals surface area contributed by atoms with Gasteiger partial charge in [-0.25, -0.2) is 0 Å². The monoisotopic (exact) mass is 383 g/mol. The maximum atomic E-state index is 12.7. The van der Waals surface area contributed by atoms with Crippen LogP contribution < -0.4 is 10.6 Å². The fourth-order valence-electron chi connectivity index (χ4n) is 2.58. The summed E-state index contributed by atoms with van der Waals surface area (Å²) in [6.07, 6.45) is 2.66. The predicted octanol–water partition coefficient (Wildman–Crippen LogP) is 1.32. The maximum absolute atomic E-state index is 12.7. The zero-order valence-corrected chi connectivity index (χ0v) is 14.8. The number of nitrogens with zero attached hydrogens (tertiary/aromatic N) is 4. The molecule has 0 aliphatic rings. The average molecular weight is 383 g/mol. The molecule has 1 unspecified atom stereocenters. The van der Waals surface area contributed by atoms with Crippen LogP contribution in [0, 0.1) is 17.0 Å². The Balaban J connectivity index is 1.76. The number of aryl methyl sites for hydroxylation is 1. The number of hydrogen-bond acceptors (Lipinski definition) is 6. The van der Waals surface area contributed by atoms with E-state index in [-0.39, 0.29) is 12.4 Å². The van der Waals surface area contributed by atoms with Crippen molar-refractivity contribution in [3.8, 4) is 0 Å². The Morgan fingerprint density at radius 3 is 2.64 bits per heavy atom. The molecule has 2 aromatic heterocycles. The van der Waals surface area contributed by atoms with Crippen LogP contribution >= 0.6 is 0 Å². The van der Waals surface area contributed by atoms with Crippen LogP contribution in [0.15, 0.2) is 48.8 Å². The van der Waals surface area contributed by atoms with Crippen LogP contribution in [0.4, 0.5) is 11.6 Å². The summed E-state index contributed by atoms with van der Waals surface area (Å²) < 4.78 is 1.35. The van der Waals surface area contributed by atoms with E-state index in [1.807, 2.05) is 0 Å². The van der Waals surface area contributed by atoms with E-state index in [1.165, 1.54) is 17.0 Å². The second-order valence-electron chi connectivity index (χ2n) is 5.90. The second-order valence-corrected chi connectivity index (χ2v) is 5.90. The number of H-pyrrole nitrogens is 1. The van der Waals surface area contributed by atoms with Crippen LogP contribution in [-0.2, 0) is 16.1 Å². The molecule has 0 aliphatic heterocycles. The molecule has 3 N–H and O–H groups in total. The number of nitrogens with one attached hydrogen (secondary N) is 3. The SMILES string of the molecule is Cc1nc([N+](=O)[O-])cn1CC(=O)NC(C(=O)Nc1ccn[nH]1)c1ccccc1. The topological polar surface area (TPSA) is 148 Å². The van der Waals surface area contributed by atoms with Crippen molar-refractivity contribution in [2.75, 3.05) is 5.32 Å². The molecule has 0 saturated carbocycles. The molecule has 144 valence electrons. The van der Waals surface area contributed by atoms with Gasteiger partial charge in [0.15, 0.2) is 0 Å². The normalized spacial score (nSPS) is 11.6. The van der Waals surface area contributed by atoms with Crippen LogP contribution in [0.1, 0.15) is 17.4 Å². The lowest BCUT2D eigenvalue weighted by Gasteiger charge is -2.18. The number of imidazole rings is 1. The first-order chi connectivity index (χ1) is 13.4. The summed E-state index contributed by atoms with van der Waals surface area (Å²) >= 11 is 0. The maximum Gasteiger partial charge on any atom is 0.381 e. The van der Waals surface area contributed by atoms with Gasteiger partial charge in [0.2, 0.25) is 11.7 Å². The summed E-state index contributed by atoms with van der Waals surface area (Å²) in [5.74, 6) is -0.593. The second kappa shape index (κ2) is 8.12. The van der Waals surface area contributed by atoms with E-state index < -0.39 is 22.8 Å². The van der Waals surface area contributed by atoms with E-state index in [1.54, 1.807) is 43.3 Å². The fraction of sp³-hybridized carbons (Fsp3) is 0.176. The molecular weight excluding hydrogens is 366 g/mol. The van der Waals surface area contributed by atoms with E-state index in [4.69, 9.17) is 0 Å². The van der Waals surface area contributed by atoms with Crippen LogP contribution in [0.5, 0.6) is 0 Å². The lowest BCUT2D eigenvalue weighted by molar-refractivity contribution is -0.389. The molecule has 2 amide bonds. The molecule has 2 heterocycles. The first-order valence-corrected chi connectivity index (χ1v) is 8.27. The molecule has 3 aromatic rings. The number of amides is 2. The largest absolute Gasteiger partial charge is 0.381 e. The number of rotatable bonds is 7. The van der Waals surface area contributed by atoms with Crippen LogP contribution in [0.3, 0.4) is 0 Å². The van der Waals surface area contributed by atoms with Crippen molar-refractivity contribution < 1.29 is 14.5 Å². The number of hydrogen-bond donors (Lipinski definition) is 3. The Morgan fingerprint density at radius 2 is 2.04 bits per heavy atom. The Labute approximate surface area is 158 Å². The van der Waals surface area contributed by atoms with Crippen molar-refractivity contribution in [2.45, 2.75) is 19.5 Å². The van der Waals surface area contributed by atoms with Crippen molar-refractivity contribution in [2.24, 2.45) is 0 Å². The highest BCUT2D eigenvalue weighted by Gasteiger charge is 2.24. The summed E-state index contributed by atoms with van der Waals surface area (Å²) in [5, 5.41) is 22.5. The van der Waals surface area contributed by atoms with Crippen LogP contribution in [0.25, 0.3) is 0 Å². The quantitative estimate of drug-likeness (QED) is 0.414. The highest BCUT2D eigenvalue weighted by Crippen LogP contribution is 2.16. The van der Waals surface area contributed by atoms with Crippen LogP contribution in [0.2, 0.25) is 0 Å².